The molecular formula is C19H18FN3O3. The van der Waals surface area contributed by atoms with Gasteiger partial charge in [0.2, 0.25) is 5.91 Å². The Kier molecular flexibility index (Phi) is 4.20. The zero-order valence-electron chi connectivity index (χ0n) is 14.1. The third kappa shape index (κ3) is 3.08. The van der Waals surface area contributed by atoms with Gasteiger partial charge in [-0.1, -0.05) is 12.1 Å². The summed E-state index contributed by atoms with van der Waals surface area (Å²) in [6.07, 6.45) is 0. The Morgan fingerprint density at radius 3 is 2.42 bits per heavy atom. The summed E-state index contributed by atoms with van der Waals surface area (Å²) < 4.78 is 19.6. The zero-order valence-corrected chi connectivity index (χ0v) is 14.1. The Balaban J connectivity index is 1.43. The molecule has 0 radical (unpaired) electrons. The van der Waals surface area contributed by atoms with E-state index in [-0.39, 0.29) is 18.3 Å². The minimum Gasteiger partial charge on any atom is -0.408 e. The number of hydrogen-bond acceptors (Lipinski definition) is 4. The molecule has 1 fully saturated rings. The second kappa shape index (κ2) is 6.67. The highest BCUT2D eigenvalue weighted by molar-refractivity contribution is 5.79. The van der Waals surface area contributed by atoms with Gasteiger partial charge >= 0.3 is 5.76 Å². The quantitative estimate of drug-likeness (QED) is 0.722. The van der Waals surface area contributed by atoms with Crippen LogP contribution in [0.25, 0.3) is 11.1 Å². The number of halogens is 1. The van der Waals surface area contributed by atoms with Gasteiger partial charge in [0, 0.05) is 31.9 Å². The van der Waals surface area contributed by atoms with Gasteiger partial charge in [-0.2, -0.15) is 0 Å². The minimum absolute atomic E-state index is 0.0353. The predicted molar refractivity (Wildman–Crippen MR) is 95.7 cm³/mol. The summed E-state index contributed by atoms with van der Waals surface area (Å²) in [5.74, 6) is -0.901. The molecule has 26 heavy (non-hydrogen) atoms. The molecule has 0 N–H and O–H groups in total. The first-order chi connectivity index (χ1) is 12.6. The average molecular weight is 355 g/mol. The van der Waals surface area contributed by atoms with E-state index in [0.29, 0.717) is 37.3 Å². The molecule has 1 aliphatic heterocycles. The maximum atomic E-state index is 13.0. The first-order valence-electron chi connectivity index (χ1n) is 8.48. The maximum absolute atomic E-state index is 13.0. The standard InChI is InChI=1S/C19H18FN3O3/c20-14-5-7-15(8-6-14)21-9-11-22(12-10-21)18(24)13-23-16-3-1-2-4-17(16)26-19(23)25/h1-8H,9-13H2. The largest absolute Gasteiger partial charge is 0.420 e. The van der Waals surface area contributed by atoms with E-state index in [0.717, 1.165) is 5.69 Å². The molecule has 134 valence electrons. The number of anilines is 1. The van der Waals surface area contributed by atoms with Crippen molar-refractivity contribution in [1.29, 1.82) is 0 Å². The number of carbonyl (C=O) groups excluding carboxylic acids is 1. The summed E-state index contributed by atoms with van der Waals surface area (Å²) >= 11 is 0. The van der Waals surface area contributed by atoms with E-state index in [9.17, 15) is 14.0 Å². The second-order valence-corrected chi connectivity index (χ2v) is 6.27. The molecule has 0 bridgehead atoms. The third-order valence-corrected chi connectivity index (χ3v) is 4.69. The Morgan fingerprint density at radius 2 is 1.69 bits per heavy atom. The molecule has 3 aromatic rings. The van der Waals surface area contributed by atoms with Crippen molar-refractivity contribution in [2.24, 2.45) is 0 Å². The number of nitrogens with zero attached hydrogens (tertiary/aromatic N) is 3. The monoisotopic (exact) mass is 355 g/mol. The fourth-order valence-corrected chi connectivity index (χ4v) is 3.26. The second-order valence-electron chi connectivity index (χ2n) is 6.27. The lowest BCUT2D eigenvalue weighted by Crippen LogP contribution is -2.50. The Hall–Kier alpha value is -3.09. The van der Waals surface area contributed by atoms with Gasteiger partial charge in [-0.05, 0) is 36.4 Å². The van der Waals surface area contributed by atoms with Crippen molar-refractivity contribution >= 4 is 22.7 Å². The van der Waals surface area contributed by atoms with Crippen molar-refractivity contribution in [2.75, 3.05) is 31.1 Å². The SMILES string of the molecule is O=C(Cn1c(=O)oc2ccccc21)N1CCN(c2ccc(F)cc2)CC1. The van der Waals surface area contributed by atoms with E-state index in [4.69, 9.17) is 4.42 Å². The van der Waals surface area contributed by atoms with Crippen LogP contribution in [0.5, 0.6) is 0 Å². The van der Waals surface area contributed by atoms with Gasteiger partial charge < -0.3 is 14.2 Å². The van der Waals surface area contributed by atoms with E-state index in [1.165, 1.54) is 16.7 Å². The van der Waals surface area contributed by atoms with Crippen molar-refractivity contribution in [2.45, 2.75) is 6.54 Å². The first-order valence-corrected chi connectivity index (χ1v) is 8.48. The first kappa shape index (κ1) is 16.4. The fourth-order valence-electron chi connectivity index (χ4n) is 3.26. The van der Waals surface area contributed by atoms with Crippen LogP contribution in [-0.4, -0.2) is 41.6 Å². The average Bonchev–Trinajstić information content (AvgIpc) is 2.98. The number of para-hydroxylation sites is 2. The van der Waals surface area contributed by atoms with Crippen molar-refractivity contribution in [1.82, 2.24) is 9.47 Å². The Bertz CT molecular complexity index is 985. The van der Waals surface area contributed by atoms with Crippen LogP contribution in [0.1, 0.15) is 0 Å². The maximum Gasteiger partial charge on any atom is 0.420 e. The molecule has 0 atom stereocenters. The Labute approximate surface area is 149 Å². The van der Waals surface area contributed by atoms with Crippen LogP contribution in [-0.2, 0) is 11.3 Å². The van der Waals surface area contributed by atoms with E-state index in [1.807, 2.05) is 0 Å². The summed E-state index contributed by atoms with van der Waals surface area (Å²) in [7, 11) is 0. The molecule has 1 aromatic heterocycles. The molecule has 4 rings (SSSR count). The van der Waals surface area contributed by atoms with Crippen molar-refractivity contribution < 1.29 is 13.6 Å². The van der Waals surface area contributed by atoms with Gasteiger partial charge in [0.05, 0.1) is 5.52 Å². The molecule has 1 saturated heterocycles. The van der Waals surface area contributed by atoms with Crippen LogP contribution < -0.4 is 10.7 Å². The van der Waals surface area contributed by atoms with Crippen molar-refractivity contribution in [3.05, 3.63) is 64.9 Å². The lowest BCUT2D eigenvalue weighted by atomic mass is 10.2. The number of amides is 1. The number of rotatable bonds is 3. The number of carbonyl (C=O) groups is 1. The molecule has 0 unspecified atom stereocenters. The summed E-state index contributed by atoms with van der Waals surface area (Å²) in [6, 6.07) is 13.4. The lowest BCUT2D eigenvalue weighted by Gasteiger charge is -2.36. The molecule has 0 aliphatic carbocycles. The van der Waals surface area contributed by atoms with Crippen molar-refractivity contribution in [3.63, 3.8) is 0 Å². The molecule has 6 nitrogen and oxygen atoms in total. The number of aromatic nitrogens is 1. The number of hydrogen-bond donors (Lipinski definition) is 0. The molecule has 1 aliphatic rings. The summed E-state index contributed by atoms with van der Waals surface area (Å²) in [4.78, 5) is 28.5. The van der Waals surface area contributed by atoms with Crippen LogP contribution in [0.3, 0.4) is 0 Å². The van der Waals surface area contributed by atoms with E-state index in [2.05, 4.69) is 4.90 Å². The highest BCUT2D eigenvalue weighted by Crippen LogP contribution is 2.17. The van der Waals surface area contributed by atoms with Crippen molar-refractivity contribution in [3.8, 4) is 0 Å². The number of benzene rings is 2. The number of piperazine rings is 1. The molecule has 0 saturated carbocycles. The normalized spacial score (nSPS) is 14.8. The van der Waals surface area contributed by atoms with E-state index < -0.39 is 5.76 Å². The minimum atomic E-state index is -0.524. The van der Waals surface area contributed by atoms with Gasteiger partial charge in [0.1, 0.15) is 12.4 Å². The Morgan fingerprint density at radius 1 is 1.00 bits per heavy atom. The summed E-state index contributed by atoms with van der Waals surface area (Å²) in [5.41, 5.74) is 2.04. The van der Waals surface area contributed by atoms with Crippen LogP contribution in [0.15, 0.2) is 57.7 Å². The summed E-state index contributed by atoms with van der Waals surface area (Å²) in [5, 5.41) is 0. The smallest absolute Gasteiger partial charge is 0.408 e. The van der Waals surface area contributed by atoms with Gasteiger partial charge in [-0.15, -0.1) is 0 Å². The van der Waals surface area contributed by atoms with Crippen LogP contribution in [0, 0.1) is 5.82 Å². The zero-order chi connectivity index (χ0) is 18.1. The van der Waals surface area contributed by atoms with Crippen LogP contribution >= 0.6 is 0 Å². The molecule has 2 heterocycles. The van der Waals surface area contributed by atoms with Gasteiger partial charge in [-0.25, -0.2) is 9.18 Å². The predicted octanol–water partition coefficient (Wildman–Crippen LogP) is 2.08. The molecule has 0 spiro atoms. The highest BCUT2D eigenvalue weighted by atomic mass is 19.1. The van der Waals surface area contributed by atoms with Crippen LogP contribution in [0.4, 0.5) is 10.1 Å². The molecule has 7 heteroatoms. The van der Waals surface area contributed by atoms with E-state index >= 15 is 0 Å². The van der Waals surface area contributed by atoms with Gasteiger partial charge in [-0.3, -0.25) is 9.36 Å². The molecule has 1 amide bonds. The van der Waals surface area contributed by atoms with E-state index in [1.54, 1.807) is 41.3 Å². The molecular weight excluding hydrogens is 337 g/mol. The molecule has 2 aromatic carbocycles. The van der Waals surface area contributed by atoms with Crippen LogP contribution in [0.2, 0.25) is 0 Å². The third-order valence-electron chi connectivity index (χ3n) is 4.69. The van der Waals surface area contributed by atoms with Gasteiger partial charge in [0.25, 0.3) is 0 Å². The topological polar surface area (TPSA) is 58.7 Å². The lowest BCUT2D eigenvalue weighted by molar-refractivity contribution is -0.132. The highest BCUT2D eigenvalue weighted by Gasteiger charge is 2.23. The number of fused-ring (bicyclic) bond motifs is 1. The van der Waals surface area contributed by atoms with Gasteiger partial charge in [0.15, 0.2) is 5.58 Å². The number of oxazole rings is 1. The fraction of sp³-hybridized carbons (Fsp3) is 0.263. The summed E-state index contributed by atoms with van der Waals surface area (Å²) in [6.45, 7) is 2.41.